The molecule has 0 aliphatic rings. The molecule has 0 fully saturated rings. The summed E-state index contributed by atoms with van der Waals surface area (Å²) < 4.78 is 23.8. The number of urea groups is 1. The molecule has 2 aromatic rings. The SMILES string of the molecule is CCOc1cccc(OCCNC(=O)NCCc2ccc(F)cc2)c1. The maximum absolute atomic E-state index is 12.8. The van der Waals surface area contributed by atoms with E-state index >= 15 is 0 Å². The Hall–Kier alpha value is -2.76. The summed E-state index contributed by atoms with van der Waals surface area (Å²) in [6.07, 6.45) is 0.647. The Morgan fingerprint density at radius 3 is 2.40 bits per heavy atom. The lowest BCUT2D eigenvalue weighted by Crippen LogP contribution is -2.38. The van der Waals surface area contributed by atoms with Crippen molar-refractivity contribution in [3.63, 3.8) is 0 Å². The van der Waals surface area contributed by atoms with Gasteiger partial charge in [-0.3, -0.25) is 0 Å². The van der Waals surface area contributed by atoms with Crippen molar-refractivity contribution in [3.8, 4) is 11.5 Å². The highest BCUT2D eigenvalue weighted by Gasteiger charge is 2.01. The summed E-state index contributed by atoms with van der Waals surface area (Å²) in [7, 11) is 0. The Bertz CT molecular complexity index is 662. The molecule has 0 spiro atoms. The number of amides is 2. The third-order valence-electron chi connectivity index (χ3n) is 3.39. The van der Waals surface area contributed by atoms with Gasteiger partial charge >= 0.3 is 6.03 Å². The summed E-state index contributed by atoms with van der Waals surface area (Å²) in [4.78, 5) is 11.7. The van der Waals surface area contributed by atoms with Crippen LogP contribution in [0.1, 0.15) is 12.5 Å². The van der Waals surface area contributed by atoms with Crippen LogP contribution >= 0.6 is 0 Å². The van der Waals surface area contributed by atoms with E-state index in [4.69, 9.17) is 9.47 Å². The summed E-state index contributed by atoms with van der Waals surface area (Å²) in [6, 6.07) is 13.4. The van der Waals surface area contributed by atoms with Crippen molar-refractivity contribution in [2.24, 2.45) is 0 Å². The van der Waals surface area contributed by atoms with E-state index in [1.165, 1.54) is 12.1 Å². The molecule has 0 atom stereocenters. The van der Waals surface area contributed by atoms with Crippen molar-refractivity contribution < 1.29 is 18.7 Å². The molecule has 25 heavy (non-hydrogen) atoms. The van der Waals surface area contributed by atoms with E-state index in [0.29, 0.717) is 38.5 Å². The molecule has 5 nitrogen and oxygen atoms in total. The first-order valence-corrected chi connectivity index (χ1v) is 8.29. The lowest BCUT2D eigenvalue weighted by molar-refractivity contribution is 0.236. The normalized spacial score (nSPS) is 10.2. The van der Waals surface area contributed by atoms with E-state index in [0.717, 1.165) is 11.3 Å². The molecule has 2 rings (SSSR count). The first-order valence-electron chi connectivity index (χ1n) is 8.29. The summed E-state index contributed by atoms with van der Waals surface area (Å²) in [5.41, 5.74) is 0.971. The Balaban J connectivity index is 1.59. The molecule has 0 aromatic heterocycles. The zero-order valence-corrected chi connectivity index (χ0v) is 14.3. The van der Waals surface area contributed by atoms with Gasteiger partial charge in [-0.1, -0.05) is 18.2 Å². The van der Waals surface area contributed by atoms with Gasteiger partial charge in [-0.2, -0.15) is 0 Å². The highest BCUT2D eigenvalue weighted by molar-refractivity contribution is 5.73. The van der Waals surface area contributed by atoms with Crippen molar-refractivity contribution in [2.75, 3.05) is 26.3 Å². The molecular formula is C19H23FN2O3. The quantitative estimate of drug-likeness (QED) is 0.686. The van der Waals surface area contributed by atoms with E-state index in [2.05, 4.69) is 10.6 Å². The van der Waals surface area contributed by atoms with Crippen LogP contribution in [0.4, 0.5) is 9.18 Å². The fourth-order valence-corrected chi connectivity index (χ4v) is 2.19. The number of rotatable bonds is 9. The van der Waals surface area contributed by atoms with E-state index in [-0.39, 0.29) is 11.8 Å². The number of carbonyl (C=O) groups is 1. The minimum Gasteiger partial charge on any atom is -0.494 e. The summed E-state index contributed by atoms with van der Waals surface area (Å²) in [5.74, 6) is 1.19. The molecule has 0 aliphatic heterocycles. The minimum absolute atomic E-state index is 0.256. The van der Waals surface area contributed by atoms with E-state index in [9.17, 15) is 9.18 Å². The van der Waals surface area contributed by atoms with Crippen molar-refractivity contribution in [2.45, 2.75) is 13.3 Å². The number of benzene rings is 2. The van der Waals surface area contributed by atoms with Crippen LogP contribution in [0.25, 0.3) is 0 Å². The number of ether oxygens (including phenoxy) is 2. The molecule has 0 heterocycles. The van der Waals surface area contributed by atoms with Gasteiger partial charge in [0.1, 0.15) is 23.9 Å². The number of carbonyl (C=O) groups excluding carboxylic acids is 1. The summed E-state index contributed by atoms with van der Waals surface area (Å²) in [5, 5.41) is 5.47. The average Bonchev–Trinajstić information content (AvgIpc) is 2.61. The molecule has 0 saturated heterocycles. The molecule has 134 valence electrons. The van der Waals surface area contributed by atoms with Gasteiger partial charge in [-0.15, -0.1) is 0 Å². The predicted octanol–water partition coefficient (Wildman–Crippen LogP) is 3.15. The predicted molar refractivity (Wildman–Crippen MR) is 94.6 cm³/mol. The van der Waals surface area contributed by atoms with Crippen LogP contribution in [0.2, 0.25) is 0 Å². The Labute approximate surface area is 147 Å². The van der Waals surface area contributed by atoms with Crippen molar-refractivity contribution in [3.05, 3.63) is 59.9 Å². The van der Waals surface area contributed by atoms with Crippen LogP contribution in [0.3, 0.4) is 0 Å². The van der Waals surface area contributed by atoms with Gasteiger partial charge in [0.05, 0.1) is 13.2 Å². The van der Waals surface area contributed by atoms with Crippen LogP contribution in [-0.2, 0) is 6.42 Å². The number of nitrogens with one attached hydrogen (secondary N) is 2. The molecule has 0 unspecified atom stereocenters. The molecule has 0 aliphatic carbocycles. The van der Waals surface area contributed by atoms with Gasteiger partial charge in [0.2, 0.25) is 0 Å². The van der Waals surface area contributed by atoms with Crippen molar-refractivity contribution in [1.82, 2.24) is 10.6 Å². The van der Waals surface area contributed by atoms with Crippen LogP contribution in [0, 0.1) is 5.82 Å². The third-order valence-corrected chi connectivity index (χ3v) is 3.39. The van der Waals surface area contributed by atoms with Gasteiger partial charge < -0.3 is 20.1 Å². The van der Waals surface area contributed by atoms with Crippen LogP contribution in [0.15, 0.2) is 48.5 Å². The molecule has 6 heteroatoms. The molecule has 2 aromatic carbocycles. The summed E-state index contributed by atoms with van der Waals surface area (Å²) in [6.45, 7) is 3.76. The first kappa shape index (κ1) is 18.6. The molecule has 0 saturated carbocycles. The van der Waals surface area contributed by atoms with Gasteiger partial charge in [-0.05, 0) is 43.2 Å². The lowest BCUT2D eigenvalue weighted by Gasteiger charge is -2.10. The molecular weight excluding hydrogens is 323 g/mol. The second-order valence-electron chi connectivity index (χ2n) is 5.32. The average molecular weight is 346 g/mol. The van der Waals surface area contributed by atoms with E-state index in [1.54, 1.807) is 12.1 Å². The zero-order valence-electron chi connectivity index (χ0n) is 14.3. The van der Waals surface area contributed by atoms with Crippen LogP contribution in [0.5, 0.6) is 11.5 Å². The minimum atomic E-state index is -0.263. The standard InChI is InChI=1S/C19H23FN2O3/c1-2-24-17-4-3-5-18(14-17)25-13-12-22-19(23)21-11-10-15-6-8-16(20)9-7-15/h3-9,14H,2,10-13H2,1H3,(H2,21,22,23). The summed E-state index contributed by atoms with van der Waals surface area (Å²) >= 11 is 0. The Morgan fingerprint density at radius 2 is 1.68 bits per heavy atom. The molecule has 2 N–H and O–H groups in total. The monoisotopic (exact) mass is 346 g/mol. The largest absolute Gasteiger partial charge is 0.494 e. The second-order valence-corrected chi connectivity index (χ2v) is 5.32. The highest BCUT2D eigenvalue weighted by Crippen LogP contribution is 2.19. The molecule has 0 radical (unpaired) electrons. The highest BCUT2D eigenvalue weighted by atomic mass is 19.1. The van der Waals surface area contributed by atoms with E-state index < -0.39 is 0 Å². The fraction of sp³-hybridized carbons (Fsp3) is 0.316. The maximum atomic E-state index is 12.8. The number of hydrogen-bond donors (Lipinski definition) is 2. The first-order chi connectivity index (χ1) is 12.2. The number of halogens is 1. The molecule has 2 amide bonds. The van der Waals surface area contributed by atoms with Crippen molar-refractivity contribution >= 4 is 6.03 Å². The Morgan fingerprint density at radius 1 is 1.00 bits per heavy atom. The second kappa shape index (κ2) is 10.2. The third kappa shape index (κ3) is 7.12. The van der Waals surface area contributed by atoms with Gasteiger partial charge in [-0.25, -0.2) is 9.18 Å². The lowest BCUT2D eigenvalue weighted by atomic mass is 10.1. The van der Waals surface area contributed by atoms with Crippen LogP contribution < -0.4 is 20.1 Å². The molecule has 0 bridgehead atoms. The maximum Gasteiger partial charge on any atom is 0.314 e. The van der Waals surface area contributed by atoms with Crippen LogP contribution in [-0.4, -0.2) is 32.3 Å². The fourth-order valence-electron chi connectivity index (χ4n) is 2.19. The topological polar surface area (TPSA) is 59.6 Å². The van der Waals surface area contributed by atoms with Crippen molar-refractivity contribution in [1.29, 1.82) is 0 Å². The van der Waals surface area contributed by atoms with Gasteiger partial charge in [0, 0.05) is 12.6 Å². The van der Waals surface area contributed by atoms with Gasteiger partial charge in [0.15, 0.2) is 0 Å². The van der Waals surface area contributed by atoms with E-state index in [1.807, 2.05) is 31.2 Å². The number of hydrogen-bond acceptors (Lipinski definition) is 3. The smallest absolute Gasteiger partial charge is 0.314 e. The Kier molecular flexibility index (Phi) is 7.56. The van der Waals surface area contributed by atoms with Gasteiger partial charge in [0.25, 0.3) is 0 Å². The zero-order chi connectivity index (χ0) is 17.9.